The summed E-state index contributed by atoms with van der Waals surface area (Å²) in [5, 5.41) is 9.23. The summed E-state index contributed by atoms with van der Waals surface area (Å²) >= 11 is 0. The second-order valence-corrected chi connectivity index (χ2v) is 4.25. The Morgan fingerprint density at radius 2 is 1.75 bits per heavy atom. The lowest BCUT2D eigenvalue weighted by Gasteiger charge is -2.07. The van der Waals surface area contributed by atoms with E-state index in [1.807, 2.05) is 6.92 Å². The average Bonchev–Trinajstić information content (AvgIpc) is 2.27. The zero-order valence-electron chi connectivity index (χ0n) is 10.7. The van der Waals surface area contributed by atoms with Gasteiger partial charge in [-0.2, -0.15) is 0 Å². The van der Waals surface area contributed by atoms with Crippen LogP contribution in [0.15, 0.2) is 0 Å². The van der Waals surface area contributed by atoms with E-state index < -0.39 is 6.10 Å². The van der Waals surface area contributed by atoms with Gasteiger partial charge in [-0.1, -0.05) is 46.0 Å². The van der Waals surface area contributed by atoms with Gasteiger partial charge in [0.1, 0.15) is 0 Å². The van der Waals surface area contributed by atoms with Gasteiger partial charge >= 0.3 is 5.97 Å². The van der Waals surface area contributed by atoms with Crippen molar-refractivity contribution in [3.63, 3.8) is 0 Å². The number of aliphatic hydroxyl groups is 1. The van der Waals surface area contributed by atoms with Crippen molar-refractivity contribution >= 4 is 5.97 Å². The van der Waals surface area contributed by atoms with Gasteiger partial charge < -0.3 is 9.84 Å². The summed E-state index contributed by atoms with van der Waals surface area (Å²) in [5.41, 5.74) is 0. The van der Waals surface area contributed by atoms with Gasteiger partial charge in [-0.25, -0.2) is 0 Å². The Balaban J connectivity index is 3.21. The van der Waals surface area contributed by atoms with Crippen LogP contribution < -0.4 is 0 Å². The summed E-state index contributed by atoms with van der Waals surface area (Å²) in [6, 6.07) is 0. The van der Waals surface area contributed by atoms with Gasteiger partial charge in [-0.15, -0.1) is 0 Å². The van der Waals surface area contributed by atoms with E-state index in [2.05, 4.69) is 6.92 Å². The number of ether oxygens (including phenoxy) is 1. The molecule has 0 fully saturated rings. The lowest BCUT2D eigenvalue weighted by Crippen LogP contribution is -2.15. The van der Waals surface area contributed by atoms with Crippen LogP contribution in [-0.4, -0.2) is 23.8 Å². The minimum absolute atomic E-state index is 0.131. The fourth-order valence-electron chi connectivity index (χ4n) is 1.46. The van der Waals surface area contributed by atoms with Gasteiger partial charge in [-0.3, -0.25) is 4.79 Å². The van der Waals surface area contributed by atoms with E-state index in [0.717, 1.165) is 12.8 Å². The Kier molecular flexibility index (Phi) is 10.5. The molecular formula is C13H26O3. The minimum atomic E-state index is -0.544. The Morgan fingerprint density at radius 1 is 1.12 bits per heavy atom. The molecule has 1 N–H and O–H groups in total. The number of unbranched alkanes of at least 4 members (excludes halogenated alkanes) is 5. The highest BCUT2D eigenvalue weighted by Gasteiger charge is 2.09. The Morgan fingerprint density at radius 3 is 2.38 bits per heavy atom. The van der Waals surface area contributed by atoms with Crippen molar-refractivity contribution < 1.29 is 14.6 Å². The van der Waals surface area contributed by atoms with E-state index in [1.54, 1.807) is 0 Å². The monoisotopic (exact) mass is 230 g/mol. The van der Waals surface area contributed by atoms with Gasteiger partial charge in [0.2, 0.25) is 0 Å². The van der Waals surface area contributed by atoms with Gasteiger partial charge in [0.25, 0.3) is 0 Å². The second-order valence-electron chi connectivity index (χ2n) is 4.25. The van der Waals surface area contributed by atoms with E-state index in [-0.39, 0.29) is 12.4 Å². The van der Waals surface area contributed by atoms with Crippen LogP contribution in [-0.2, 0) is 9.53 Å². The number of carbonyl (C=O) groups is 1. The Hall–Kier alpha value is -0.570. The van der Waals surface area contributed by atoms with Crippen LogP contribution in [0.1, 0.15) is 65.2 Å². The number of rotatable bonds is 10. The Bertz CT molecular complexity index is 169. The molecule has 0 aromatic rings. The zero-order chi connectivity index (χ0) is 12.2. The summed E-state index contributed by atoms with van der Waals surface area (Å²) in [6.45, 7) is 4.55. The van der Waals surface area contributed by atoms with Crippen molar-refractivity contribution in [2.45, 2.75) is 71.3 Å². The first-order chi connectivity index (χ1) is 7.70. The van der Waals surface area contributed by atoms with E-state index in [0.29, 0.717) is 13.0 Å². The van der Waals surface area contributed by atoms with E-state index in [9.17, 15) is 9.90 Å². The van der Waals surface area contributed by atoms with Gasteiger partial charge in [0.05, 0.1) is 19.1 Å². The van der Waals surface area contributed by atoms with Crippen LogP contribution in [0.4, 0.5) is 0 Å². The molecule has 96 valence electrons. The molecule has 16 heavy (non-hydrogen) atoms. The predicted molar refractivity (Wildman–Crippen MR) is 65.2 cm³/mol. The third-order valence-corrected chi connectivity index (χ3v) is 2.63. The second kappa shape index (κ2) is 10.9. The van der Waals surface area contributed by atoms with Crippen LogP contribution in [0.25, 0.3) is 0 Å². The highest BCUT2D eigenvalue weighted by Crippen LogP contribution is 2.05. The summed E-state index contributed by atoms with van der Waals surface area (Å²) in [7, 11) is 0. The molecule has 0 spiro atoms. The molecule has 1 atom stereocenters. The van der Waals surface area contributed by atoms with Gasteiger partial charge in [0, 0.05) is 0 Å². The van der Waals surface area contributed by atoms with Crippen LogP contribution in [0.5, 0.6) is 0 Å². The molecule has 3 heteroatoms. The summed E-state index contributed by atoms with van der Waals surface area (Å²) < 4.78 is 5.02. The maximum Gasteiger partial charge on any atom is 0.308 e. The van der Waals surface area contributed by atoms with Crippen molar-refractivity contribution in [3.8, 4) is 0 Å². The predicted octanol–water partition coefficient (Wildman–Crippen LogP) is 3.05. The molecule has 0 bridgehead atoms. The Labute approximate surface area is 99.2 Å². The molecule has 3 nitrogen and oxygen atoms in total. The van der Waals surface area contributed by atoms with Crippen LogP contribution in [0.3, 0.4) is 0 Å². The lowest BCUT2D eigenvalue weighted by atomic mass is 10.1. The molecule has 0 saturated heterocycles. The number of hydrogen-bond acceptors (Lipinski definition) is 3. The van der Waals surface area contributed by atoms with Gasteiger partial charge in [-0.05, 0) is 12.8 Å². The molecule has 0 aliphatic heterocycles. The van der Waals surface area contributed by atoms with Crippen molar-refractivity contribution in [2.75, 3.05) is 6.61 Å². The quantitative estimate of drug-likeness (QED) is 0.463. The lowest BCUT2D eigenvalue weighted by molar-refractivity contribution is -0.146. The maximum absolute atomic E-state index is 11.2. The number of carbonyl (C=O) groups excluding carboxylic acids is 1. The van der Waals surface area contributed by atoms with Crippen molar-refractivity contribution in [1.82, 2.24) is 0 Å². The summed E-state index contributed by atoms with van der Waals surface area (Å²) in [4.78, 5) is 11.2. The molecule has 0 rings (SSSR count). The number of aliphatic hydroxyl groups excluding tert-OH is 1. The van der Waals surface area contributed by atoms with Crippen LogP contribution in [0, 0.1) is 0 Å². The topological polar surface area (TPSA) is 46.5 Å². The molecule has 0 aromatic heterocycles. The molecule has 0 aromatic carbocycles. The molecule has 0 saturated carbocycles. The number of esters is 1. The molecule has 0 amide bonds. The van der Waals surface area contributed by atoms with E-state index in [1.165, 1.54) is 25.7 Å². The molecular weight excluding hydrogens is 204 g/mol. The van der Waals surface area contributed by atoms with Crippen molar-refractivity contribution in [2.24, 2.45) is 0 Å². The first-order valence-corrected chi connectivity index (χ1v) is 6.54. The normalized spacial score (nSPS) is 12.4. The fourth-order valence-corrected chi connectivity index (χ4v) is 1.46. The van der Waals surface area contributed by atoms with Gasteiger partial charge in [0.15, 0.2) is 0 Å². The SMILES string of the molecule is CCCCCCCCOC(=O)CC(O)CC. The fraction of sp³-hybridized carbons (Fsp3) is 0.923. The van der Waals surface area contributed by atoms with E-state index in [4.69, 9.17) is 4.74 Å². The average molecular weight is 230 g/mol. The highest BCUT2D eigenvalue weighted by molar-refractivity contribution is 5.69. The van der Waals surface area contributed by atoms with Crippen molar-refractivity contribution in [3.05, 3.63) is 0 Å². The van der Waals surface area contributed by atoms with Crippen molar-refractivity contribution in [1.29, 1.82) is 0 Å². The summed E-state index contributed by atoms with van der Waals surface area (Å²) in [5.74, 6) is -0.275. The first kappa shape index (κ1) is 15.4. The molecule has 0 radical (unpaired) electrons. The summed E-state index contributed by atoms with van der Waals surface area (Å²) in [6.07, 6.45) is 7.31. The molecule has 1 unspecified atom stereocenters. The molecule has 0 aliphatic carbocycles. The highest BCUT2D eigenvalue weighted by atomic mass is 16.5. The maximum atomic E-state index is 11.2. The molecule has 0 aliphatic rings. The third kappa shape index (κ3) is 9.97. The standard InChI is InChI=1S/C13H26O3/c1-3-5-6-7-8-9-10-16-13(15)11-12(14)4-2/h12,14H,3-11H2,1-2H3. The molecule has 0 heterocycles. The van der Waals surface area contributed by atoms with Crippen LogP contribution in [0.2, 0.25) is 0 Å². The largest absolute Gasteiger partial charge is 0.466 e. The minimum Gasteiger partial charge on any atom is -0.466 e. The van der Waals surface area contributed by atoms with E-state index >= 15 is 0 Å². The number of hydrogen-bond donors (Lipinski definition) is 1. The van der Waals surface area contributed by atoms with Crippen LogP contribution >= 0.6 is 0 Å². The first-order valence-electron chi connectivity index (χ1n) is 6.54. The smallest absolute Gasteiger partial charge is 0.308 e. The zero-order valence-corrected chi connectivity index (χ0v) is 10.7. The third-order valence-electron chi connectivity index (χ3n) is 2.63.